The van der Waals surface area contributed by atoms with Crippen LogP contribution in [0.2, 0.25) is 0 Å². The van der Waals surface area contributed by atoms with Crippen LogP contribution in [0.1, 0.15) is 12.5 Å². The number of hydrogen-bond acceptors (Lipinski definition) is 6. The highest BCUT2D eigenvalue weighted by molar-refractivity contribution is 7.89. The first kappa shape index (κ1) is 18.8. The highest BCUT2D eigenvalue weighted by atomic mass is 32.2. The van der Waals surface area contributed by atoms with Crippen LogP contribution in [-0.4, -0.2) is 26.4 Å². The molecule has 1 aromatic heterocycles. The molecule has 0 aliphatic carbocycles. The quantitative estimate of drug-likeness (QED) is 0.587. The van der Waals surface area contributed by atoms with Crippen molar-refractivity contribution in [2.24, 2.45) is 5.14 Å². The Morgan fingerprint density at radius 1 is 1.32 bits per heavy atom. The maximum atomic E-state index is 12.1. The van der Waals surface area contributed by atoms with Crippen molar-refractivity contribution in [3.05, 3.63) is 52.7 Å². The Morgan fingerprint density at radius 3 is 2.72 bits per heavy atom. The Hall–Kier alpha value is -2.49. The molecule has 0 bridgehead atoms. The van der Waals surface area contributed by atoms with E-state index < -0.39 is 28.0 Å². The van der Waals surface area contributed by atoms with Crippen LogP contribution in [0.25, 0.3) is 6.08 Å². The minimum absolute atomic E-state index is 0.131. The molecule has 0 fully saturated rings. The number of anilines is 1. The molecule has 1 amide bonds. The molecule has 1 atom stereocenters. The number of amides is 1. The fraction of sp³-hybridized carbons (Fsp3) is 0.125. The molecule has 7 nitrogen and oxygen atoms in total. The number of esters is 1. The molecule has 0 spiro atoms. The number of thiophene rings is 1. The van der Waals surface area contributed by atoms with Crippen LogP contribution in [0.4, 0.5) is 5.69 Å². The molecule has 25 heavy (non-hydrogen) atoms. The minimum atomic E-state index is -3.87. The van der Waals surface area contributed by atoms with Gasteiger partial charge in [-0.1, -0.05) is 6.07 Å². The van der Waals surface area contributed by atoms with Gasteiger partial charge in [0.15, 0.2) is 6.10 Å². The van der Waals surface area contributed by atoms with E-state index in [0.29, 0.717) is 0 Å². The van der Waals surface area contributed by atoms with Gasteiger partial charge in [0.05, 0.1) is 4.90 Å². The lowest BCUT2D eigenvalue weighted by Gasteiger charge is -2.12. The zero-order valence-electron chi connectivity index (χ0n) is 13.2. The molecule has 1 aromatic carbocycles. The second-order valence-corrected chi connectivity index (χ2v) is 7.37. The van der Waals surface area contributed by atoms with Gasteiger partial charge in [0.25, 0.3) is 5.91 Å². The third-order valence-corrected chi connectivity index (χ3v) is 4.66. The Labute approximate surface area is 149 Å². The third kappa shape index (κ3) is 5.82. The summed E-state index contributed by atoms with van der Waals surface area (Å²) >= 11 is 1.49. The average molecular weight is 380 g/mol. The fourth-order valence-electron chi connectivity index (χ4n) is 1.80. The van der Waals surface area contributed by atoms with Gasteiger partial charge in [0.1, 0.15) is 0 Å². The van der Waals surface area contributed by atoms with Gasteiger partial charge >= 0.3 is 5.97 Å². The van der Waals surface area contributed by atoms with E-state index >= 15 is 0 Å². The molecule has 0 saturated heterocycles. The maximum Gasteiger partial charge on any atom is 0.331 e. The van der Waals surface area contributed by atoms with Gasteiger partial charge in [-0.25, -0.2) is 18.4 Å². The Balaban J connectivity index is 1.95. The van der Waals surface area contributed by atoms with E-state index in [-0.39, 0.29) is 10.6 Å². The lowest BCUT2D eigenvalue weighted by molar-refractivity contribution is -0.148. The van der Waals surface area contributed by atoms with Gasteiger partial charge in [0.2, 0.25) is 10.0 Å². The summed E-state index contributed by atoms with van der Waals surface area (Å²) in [6.45, 7) is 1.41. The Bertz CT molecular complexity index is 889. The maximum absolute atomic E-state index is 12.1. The molecular formula is C16H16N2O5S2. The number of benzene rings is 1. The van der Waals surface area contributed by atoms with Crippen LogP contribution >= 0.6 is 11.3 Å². The zero-order chi connectivity index (χ0) is 18.4. The van der Waals surface area contributed by atoms with Crippen LogP contribution in [0.3, 0.4) is 0 Å². The number of carbonyl (C=O) groups is 2. The number of sulfonamides is 1. The van der Waals surface area contributed by atoms with Crippen LogP contribution in [0, 0.1) is 0 Å². The SMILES string of the molecule is C[C@H](OC(=O)/C=C/c1ccsc1)C(=O)Nc1cccc(S(N)(=O)=O)c1. The third-order valence-electron chi connectivity index (χ3n) is 3.05. The number of nitrogens with one attached hydrogen (secondary N) is 1. The van der Waals surface area contributed by atoms with E-state index in [1.54, 1.807) is 6.08 Å². The largest absolute Gasteiger partial charge is 0.449 e. The van der Waals surface area contributed by atoms with Crippen molar-refractivity contribution in [2.75, 3.05) is 5.32 Å². The number of primary sulfonamides is 1. The van der Waals surface area contributed by atoms with E-state index in [1.165, 1.54) is 48.6 Å². The highest BCUT2D eigenvalue weighted by Gasteiger charge is 2.17. The van der Waals surface area contributed by atoms with E-state index in [1.807, 2.05) is 16.8 Å². The zero-order valence-corrected chi connectivity index (χ0v) is 14.8. The summed E-state index contributed by atoms with van der Waals surface area (Å²) in [6, 6.07) is 7.30. The number of rotatable bonds is 6. The molecule has 3 N–H and O–H groups in total. The Morgan fingerprint density at radius 2 is 2.08 bits per heavy atom. The molecule has 132 valence electrons. The second-order valence-electron chi connectivity index (χ2n) is 5.03. The first-order valence-electron chi connectivity index (χ1n) is 7.10. The number of nitrogens with two attached hydrogens (primary N) is 1. The molecule has 0 saturated carbocycles. The van der Waals surface area contributed by atoms with Gasteiger partial charge in [-0.2, -0.15) is 11.3 Å². The summed E-state index contributed by atoms with van der Waals surface area (Å²) in [5.41, 5.74) is 1.09. The van der Waals surface area contributed by atoms with E-state index in [9.17, 15) is 18.0 Å². The van der Waals surface area contributed by atoms with Crippen LogP contribution in [-0.2, 0) is 24.3 Å². The van der Waals surface area contributed by atoms with Crippen molar-refractivity contribution in [2.45, 2.75) is 17.9 Å². The van der Waals surface area contributed by atoms with Crippen molar-refractivity contribution >= 4 is 45.0 Å². The summed E-state index contributed by atoms with van der Waals surface area (Å²) in [6.07, 6.45) is 1.75. The van der Waals surface area contributed by atoms with Crippen molar-refractivity contribution in [1.29, 1.82) is 0 Å². The first-order chi connectivity index (χ1) is 11.8. The molecule has 0 aliphatic rings. The van der Waals surface area contributed by atoms with Crippen LogP contribution in [0.5, 0.6) is 0 Å². The van der Waals surface area contributed by atoms with Gasteiger partial charge in [-0.05, 0) is 53.6 Å². The molecule has 2 rings (SSSR count). The number of hydrogen-bond donors (Lipinski definition) is 2. The Kier molecular flexibility index (Phi) is 6.07. The van der Waals surface area contributed by atoms with E-state index in [2.05, 4.69) is 5.32 Å². The van der Waals surface area contributed by atoms with E-state index in [0.717, 1.165) is 5.56 Å². The average Bonchev–Trinajstić information content (AvgIpc) is 3.05. The lowest BCUT2D eigenvalue weighted by atomic mass is 10.3. The molecule has 1 heterocycles. The summed E-state index contributed by atoms with van der Waals surface area (Å²) in [7, 11) is -3.87. The highest BCUT2D eigenvalue weighted by Crippen LogP contribution is 2.15. The number of ether oxygens (including phenoxy) is 1. The normalized spacial score (nSPS) is 12.7. The summed E-state index contributed by atoms with van der Waals surface area (Å²) < 4.78 is 27.6. The van der Waals surface area contributed by atoms with Crippen molar-refractivity contribution in [1.82, 2.24) is 0 Å². The molecule has 0 aliphatic heterocycles. The van der Waals surface area contributed by atoms with Crippen molar-refractivity contribution in [3.8, 4) is 0 Å². The van der Waals surface area contributed by atoms with Gasteiger partial charge in [0, 0.05) is 11.8 Å². The summed E-state index contributed by atoms with van der Waals surface area (Å²) in [5.74, 6) is -1.25. The van der Waals surface area contributed by atoms with Crippen LogP contribution in [0.15, 0.2) is 52.1 Å². The van der Waals surface area contributed by atoms with E-state index in [4.69, 9.17) is 9.88 Å². The topological polar surface area (TPSA) is 116 Å². The summed E-state index contributed by atoms with van der Waals surface area (Å²) in [4.78, 5) is 23.6. The van der Waals surface area contributed by atoms with Crippen LogP contribution < -0.4 is 10.5 Å². The molecule has 0 radical (unpaired) electrons. The molecular weight excluding hydrogens is 364 g/mol. The summed E-state index contributed by atoms with van der Waals surface area (Å²) in [5, 5.41) is 11.2. The van der Waals surface area contributed by atoms with Crippen molar-refractivity contribution in [3.63, 3.8) is 0 Å². The lowest BCUT2D eigenvalue weighted by Crippen LogP contribution is -2.29. The predicted octanol–water partition coefficient (Wildman–Crippen LogP) is 1.98. The molecule has 2 aromatic rings. The minimum Gasteiger partial charge on any atom is -0.449 e. The molecule has 0 unspecified atom stereocenters. The standard InChI is InChI=1S/C16H16N2O5S2/c1-11(23-15(19)6-5-12-7-8-24-10-12)16(20)18-13-3-2-4-14(9-13)25(17,21)22/h2-11H,1H3,(H,18,20)(H2,17,21,22)/b6-5+/t11-/m0/s1. The smallest absolute Gasteiger partial charge is 0.331 e. The van der Waals surface area contributed by atoms with Crippen molar-refractivity contribution < 1.29 is 22.7 Å². The van der Waals surface area contributed by atoms with Gasteiger partial charge in [-0.3, -0.25) is 4.79 Å². The van der Waals surface area contributed by atoms with Gasteiger partial charge in [-0.15, -0.1) is 0 Å². The second kappa shape index (κ2) is 8.06. The number of carbonyl (C=O) groups excluding carboxylic acids is 2. The fourth-order valence-corrected chi connectivity index (χ4v) is 2.98. The monoisotopic (exact) mass is 380 g/mol. The predicted molar refractivity (Wildman–Crippen MR) is 95.4 cm³/mol. The molecule has 9 heteroatoms. The van der Waals surface area contributed by atoms with Gasteiger partial charge < -0.3 is 10.1 Å². The first-order valence-corrected chi connectivity index (χ1v) is 9.59.